The average Bonchev–Trinajstić information content (AvgIpc) is 2.66. The van der Waals surface area contributed by atoms with Gasteiger partial charge in [0, 0.05) is 36.9 Å². The lowest BCUT2D eigenvalue weighted by atomic mass is 10.1. The molecule has 1 aromatic carbocycles. The van der Waals surface area contributed by atoms with Gasteiger partial charge >= 0.3 is 0 Å². The van der Waals surface area contributed by atoms with Crippen LogP contribution >= 0.6 is 23.2 Å². The zero-order chi connectivity index (χ0) is 17.6. The van der Waals surface area contributed by atoms with E-state index in [1.807, 2.05) is 18.2 Å². The monoisotopic (exact) mass is 372 g/mol. The predicted octanol–water partition coefficient (Wildman–Crippen LogP) is 3.82. The minimum absolute atomic E-state index is 0.240. The molecule has 0 radical (unpaired) electrons. The Balaban J connectivity index is 1.59. The summed E-state index contributed by atoms with van der Waals surface area (Å²) in [6, 6.07) is 9.10. The molecule has 0 atom stereocenters. The fraction of sp³-hybridized carbons (Fsp3) is 0.111. The number of rotatable bonds is 5. The number of nitrogens with zero attached hydrogens (tertiary/aromatic N) is 3. The second kappa shape index (κ2) is 8.05. The van der Waals surface area contributed by atoms with Crippen molar-refractivity contribution < 1.29 is 4.79 Å². The highest BCUT2D eigenvalue weighted by Crippen LogP contribution is 2.25. The molecular weight excluding hydrogens is 359 g/mol. The number of hydrogen-bond donors (Lipinski definition) is 1. The van der Waals surface area contributed by atoms with Crippen LogP contribution in [-0.2, 0) is 6.42 Å². The highest BCUT2D eigenvalue weighted by atomic mass is 35.5. The topological polar surface area (TPSA) is 67.8 Å². The van der Waals surface area contributed by atoms with Crippen molar-refractivity contribution in [1.82, 2.24) is 20.3 Å². The van der Waals surface area contributed by atoms with E-state index in [-0.39, 0.29) is 5.91 Å². The second-order valence-electron chi connectivity index (χ2n) is 5.26. The fourth-order valence-electron chi connectivity index (χ4n) is 2.24. The van der Waals surface area contributed by atoms with Crippen LogP contribution < -0.4 is 5.32 Å². The summed E-state index contributed by atoms with van der Waals surface area (Å²) in [7, 11) is 0. The van der Waals surface area contributed by atoms with Crippen LogP contribution in [0.4, 0.5) is 0 Å². The lowest BCUT2D eigenvalue weighted by molar-refractivity contribution is 0.0953. The SMILES string of the molecule is O=C(NCCc1cccc(Cl)c1Cl)c1cnc(-c2cccnc2)nc1. The van der Waals surface area contributed by atoms with E-state index in [4.69, 9.17) is 23.2 Å². The maximum absolute atomic E-state index is 12.2. The van der Waals surface area contributed by atoms with E-state index in [2.05, 4.69) is 20.3 Å². The van der Waals surface area contributed by atoms with Crippen LogP contribution in [-0.4, -0.2) is 27.4 Å². The first kappa shape index (κ1) is 17.3. The van der Waals surface area contributed by atoms with Crippen molar-refractivity contribution in [2.24, 2.45) is 0 Å². The number of hydrogen-bond acceptors (Lipinski definition) is 4. The molecule has 25 heavy (non-hydrogen) atoms. The summed E-state index contributed by atoms with van der Waals surface area (Å²) in [6.45, 7) is 0.434. The molecule has 5 nitrogen and oxygen atoms in total. The molecule has 7 heteroatoms. The molecular formula is C18H14Cl2N4O. The number of aromatic nitrogens is 3. The quantitative estimate of drug-likeness (QED) is 0.738. The van der Waals surface area contributed by atoms with Crippen LogP contribution in [0.5, 0.6) is 0 Å². The number of nitrogens with one attached hydrogen (secondary N) is 1. The molecule has 2 heterocycles. The standard InChI is InChI=1S/C18H14Cl2N4O/c19-15-5-1-3-12(16(15)20)6-8-22-18(25)14-10-23-17(24-11-14)13-4-2-7-21-9-13/h1-5,7,9-11H,6,8H2,(H,22,25). The minimum atomic E-state index is -0.240. The molecule has 1 amide bonds. The number of halogens is 2. The van der Waals surface area contributed by atoms with E-state index in [1.165, 1.54) is 12.4 Å². The van der Waals surface area contributed by atoms with Gasteiger partial charge in [0.1, 0.15) is 0 Å². The van der Waals surface area contributed by atoms with Crippen LogP contribution in [0.15, 0.2) is 55.1 Å². The minimum Gasteiger partial charge on any atom is -0.352 e. The van der Waals surface area contributed by atoms with Gasteiger partial charge in [0.25, 0.3) is 5.91 Å². The Morgan fingerprint density at radius 3 is 2.56 bits per heavy atom. The van der Waals surface area contributed by atoms with Gasteiger partial charge in [-0.2, -0.15) is 0 Å². The molecule has 2 aromatic heterocycles. The molecule has 0 aliphatic carbocycles. The second-order valence-corrected chi connectivity index (χ2v) is 6.04. The third-order valence-corrected chi connectivity index (χ3v) is 4.40. The zero-order valence-electron chi connectivity index (χ0n) is 13.1. The van der Waals surface area contributed by atoms with Crippen molar-refractivity contribution in [3.8, 4) is 11.4 Å². The van der Waals surface area contributed by atoms with E-state index in [9.17, 15) is 4.79 Å². The molecule has 0 saturated heterocycles. The molecule has 0 saturated carbocycles. The summed E-state index contributed by atoms with van der Waals surface area (Å²) in [6.07, 6.45) is 6.93. The van der Waals surface area contributed by atoms with Crippen molar-refractivity contribution in [2.75, 3.05) is 6.54 Å². The Labute approximate surface area is 155 Å². The van der Waals surface area contributed by atoms with Gasteiger partial charge in [-0.25, -0.2) is 9.97 Å². The third kappa shape index (κ3) is 4.32. The Hall–Kier alpha value is -2.50. The van der Waals surface area contributed by atoms with Crippen molar-refractivity contribution >= 4 is 29.1 Å². The Morgan fingerprint density at radius 2 is 1.84 bits per heavy atom. The number of benzene rings is 1. The smallest absolute Gasteiger partial charge is 0.254 e. The zero-order valence-corrected chi connectivity index (χ0v) is 14.6. The molecule has 0 aliphatic rings. The number of carbonyl (C=O) groups is 1. The van der Waals surface area contributed by atoms with Crippen LogP contribution in [0.25, 0.3) is 11.4 Å². The van der Waals surface area contributed by atoms with Gasteiger partial charge in [-0.3, -0.25) is 9.78 Å². The Kier molecular flexibility index (Phi) is 5.58. The highest BCUT2D eigenvalue weighted by Gasteiger charge is 2.09. The van der Waals surface area contributed by atoms with Gasteiger partial charge < -0.3 is 5.32 Å². The fourth-order valence-corrected chi connectivity index (χ4v) is 2.66. The molecule has 3 aromatic rings. The van der Waals surface area contributed by atoms with Gasteiger partial charge in [0.2, 0.25) is 0 Å². The summed E-state index contributed by atoms with van der Waals surface area (Å²) < 4.78 is 0. The number of carbonyl (C=O) groups excluding carboxylic acids is 1. The van der Waals surface area contributed by atoms with Gasteiger partial charge in [-0.15, -0.1) is 0 Å². The van der Waals surface area contributed by atoms with Crippen LogP contribution in [0.2, 0.25) is 10.0 Å². The molecule has 0 bridgehead atoms. The first-order chi connectivity index (χ1) is 12.1. The molecule has 1 N–H and O–H groups in total. The lowest BCUT2D eigenvalue weighted by Gasteiger charge is -2.08. The molecule has 0 fully saturated rings. The lowest BCUT2D eigenvalue weighted by Crippen LogP contribution is -2.26. The van der Waals surface area contributed by atoms with Crippen LogP contribution in [0, 0.1) is 0 Å². The molecule has 126 valence electrons. The predicted molar refractivity (Wildman–Crippen MR) is 97.8 cm³/mol. The molecule has 0 unspecified atom stereocenters. The van der Waals surface area contributed by atoms with Crippen molar-refractivity contribution in [3.05, 3.63) is 76.3 Å². The van der Waals surface area contributed by atoms with E-state index < -0.39 is 0 Å². The van der Waals surface area contributed by atoms with Gasteiger partial charge in [0.15, 0.2) is 5.82 Å². The molecule has 3 rings (SSSR count). The summed E-state index contributed by atoms with van der Waals surface area (Å²) >= 11 is 12.1. The van der Waals surface area contributed by atoms with Gasteiger partial charge in [-0.05, 0) is 30.2 Å². The summed E-state index contributed by atoms with van der Waals surface area (Å²) in [5.41, 5.74) is 2.08. The third-order valence-electron chi connectivity index (χ3n) is 3.55. The maximum atomic E-state index is 12.2. The van der Waals surface area contributed by atoms with Crippen molar-refractivity contribution in [3.63, 3.8) is 0 Å². The van der Waals surface area contributed by atoms with Crippen LogP contribution in [0.1, 0.15) is 15.9 Å². The molecule has 0 aliphatic heterocycles. The summed E-state index contributed by atoms with van der Waals surface area (Å²) in [5.74, 6) is 0.284. The van der Waals surface area contributed by atoms with Gasteiger partial charge in [0.05, 0.1) is 15.6 Å². The molecule has 0 spiro atoms. The van der Waals surface area contributed by atoms with E-state index >= 15 is 0 Å². The van der Waals surface area contributed by atoms with Crippen molar-refractivity contribution in [1.29, 1.82) is 0 Å². The summed E-state index contributed by atoms with van der Waals surface area (Å²) in [4.78, 5) is 24.6. The number of pyridine rings is 1. The first-order valence-electron chi connectivity index (χ1n) is 7.58. The van der Waals surface area contributed by atoms with E-state index in [0.29, 0.717) is 34.4 Å². The van der Waals surface area contributed by atoms with Gasteiger partial charge in [-0.1, -0.05) is 35.3 Å². The largest absolute Gasteiger partial charge is 0.352 e. The number of amides is 1. The summed E-state index contributed by atoms with van der Waals surface area (Å²) in [5, 5.41) is 3.84. The first-order valence-corrected chi connectivity index (χ1v) is 8.34. The normalized spacial score (nSPS) is 10.5. The van der Waals surface area contributed by atoms with E-state index in [1.54, 1.807) is 24.5 Å². The highest BCUT2D eigenvalue weighted by molar-refractivity contribution is 6.42. The Bertz CT molecular complexity index is 870. The van der Waals surface area contributed by atoms with Crippen LogP contribution in [0.3, 0.4) is 0 Å². The van der Waals surface area contributed by atoms with E-state index in [0.717, 1.165) is 11.1 Å². The Morgan fingerprint density at radius 1 is 1.04 bits per heavy atom. The maximum Gasteiger partial charge on any atom is 0.254 e. The van der Waals surface area contributed by atoms with Crippen molar-refractivity contribution in [2.45, 2.75) is 6.42 Å². The average molecular weight is 373 g/mol.